The van der Waals surface area contributed by atoms with Crippen LogP contribution in [-0.2, 0) is 6.42 Å². The van der Waals surface area contributed by atoms with Crippen LogP contribution in [-0.4, -0.2) is 75.4 Å². The summed E-state index contributed by atoms with van der Waals surface area (Å²) in [7, 11) is 0. The SMILES string of the molecule is C[C@@H]1Cc2c([nH]c3ccccc23)[C@@H](c2cnc(OC3CN(CCCF)C3)cn2)N1CC(C)(C)F. The zero-order valence-electron chi connectivity index (χ0n) is 20.1. The summed E-state index contributed by atoms with van der Waals surface area (Å²) in [6.07, 6.45) is 4.88. The Morgan fingerprint density at radius 3 is 2.68 bits per heavy atom. The number of nitrogens with one attached hydrogen (secondary N) is 1. The van der Waals surface area contributed by atoms with E-state index in [1.165, 1.54) is 10.9 Å². The maximum absolute atomic E-state index is 14.8. The molecular formula is C26H33F2N5O. The Bertz CT molecular complexity index is 1120. The summed E-state index contributed by atoms with van der Waals surface area (Å²) >= 11 is 0. The normalized spacial score (nSPS) is 22.0. The summed E-state index contributed by atoms with van der Waals surface area (Å²) in [6.45, 7) is 7.72. The van der Waals surface area contributed by atoms with E-state index in [-0.39, 0.29) is 24.9 Å². The number of para-hydroxylation sites is 1. The van der Waals surface area contributed by atoms with Crippen molar-refractivity contribution >= 4 is 10.9 Å². The second kappa shape index (κ2) is 9.23. The number of nitrogens with zero attached hydrogens (tertiary/aromatic N) is 4. The minimum atomic E-state index is -1.34. The van der Waals surface area contributed by atoms with Crippen molar-refractivity contribution < 1.29 is 13.5 Å². The summed E-state index contributed by atoms with van der Waals surface area (Å²) in [5.41, 5.74) is 2.85. The Morgan fingerprint density at radius 1 is 1.18 bits per heavy atom. The molecule has 6 nitrogen and oxygen atoms in total. The third-order valence-electron chi connectivity index (χ3n) is 6.82. The summed E-state index contributed by atoms with van der Waals surface area (Å²) < 4.78 is 33.1. The van der Waals surface area contributed by atoms with Gasteiger partial charge >= 0.3 is 0 Å². The standard InChI is InChI=1S/C26H33F2N5O/c1-17-11-20-19-7-4-5-8-21(19)31-24(20)25(33(17)16-26(2,3)28)22-12-30-23(13-29-22)34-18-14-32(15-18)10-6-9-27/h4-5,7-8,12-13,17-18,25,31H,6,9-11,14-16H2,1-3H3/t17-,25-/m1/s1. The van der Waals surface area contributed by atoms with E-state index in [1.54, 1.807) is 26.2 Å². The minimum Gasteiger partial charge on any atom is -0.471 e. The van der Waals surface area contributed by atoms with Gasteiger partial charge < -0.3 is 9.72 Å². The predicted octanol–water partition coefficient (Wildman–Crippen LogP) is 4.46. The van der Waals surface area contributed by atoms with Gasteiger partial charge in [0.2, 0.25) is 5.88 Å². The Balaban J connectivity index is 1.41. The molecule has 0 saturated carbocycles. The van der Waals surface area contributed by atoms with E-state index in [2.05, 4.69) is 44.9 Å². The molecule has 0 unspecified atom stereocenters. The van der Waals surface area contributed by atoms with Gasteiger partial charge in [0, 0.05) is 48.8 Å². The van der Waals surface area contributed by atoms with Gasteiger partial charge in [0.05, 0.1) is 30.8 Å². The van der Waals surface area contributed by atoms with Crippen molar-refractivity contribution in [1.82, 2.24) is 24.8 Å². The number of hydrogen-bond donors (Lipinski definition) is 1. The van der Waals surface area contributed by atoms with Crippen molar-refractivity contribution in [3.8, 4) is 5.88 Å². The maximum atomic E-state index is 14.8. The average molecular weight is 470 g/mol. The van der Waals surface area contributed by atoms with Crippen LogP contribution in [0, 0.1) is 0 Å². The molecule has 2 aliphatic heterocycles. The van der Waals surface area contributed by atoms with E-state index in [0.717, 1.165) is 43.0 Å². The van der Waals surface area contributed by atoms with Crippen molar-refractivity contribution in [2.75, 3.05) is 32.9 Å². The number of likely N-dealkylation sites (tertiary alicyclic amines) is 1. The number of H-pyrrole nitrogens is 1. The number of ether oxygens (including phenoxy) is 1. The second-order valence-electron chi connectivity index (χ2n) is 10.2. The molecule has 2 aliphatic rings. The van der Waals surface area contributed by atoms with E-state index in [9.17, 15) is 8.78 Å². The summed E-state index contributed by atoms with van der Waals surface area (Å²) in [5, 5.41) is 1.21. The number of fused-ring (bicyclic) bond motifs is 3. The highest BCUT2D eigenvalue weighted by Gasteiger charge is 2.39. The van der Waals surface area contributed by atoms with Crippen LogP contribution in [0.2, 0.25) is 0 Å². The molecule has 1 aromatic carbocycles. The van der Waals surface area contributed by atoms with E-state index < -0.39 is 5.67 Å². The monoisotopic (exact) mass is 469 g/mol. The zero-order chi connectivity index (χ0) is 23.9. The Labute approximate surface area is 199 Å². The number of rotatable bonds is 8. The Kier molecular flexibility index (Phi) is 6.29. The van der Waals surface area contributed by atoms with Crippen LogP contribution >= 0.6 is 0 Å². The quantitative estimate of drug-likeness (QED) is 0.528. The molecule has 1 saturated heterocycles. The van der Waals surface area contributed by atoms with Gasteiger partial charge in [-0.3, -0.25) is 19.2 Å². The molecule has 8 heteroatoms. The van der Waals surface area contributed by atoms with Gasteiger partial charge in [-0.1, -0.05) is 18.2 Å². The van der Waals surface area contributed by atoms with Crippen molar-refractivity contribution in [3.05, 3.63) is 53.6 Å². The zero-order valence-corrected chi connectivity index (χ0v) is 20.1. The second-order valence-corrected chi connectivity index (χ2v) is 10.2. The molecule has 0 amide bonds. The fraction of sp³-hybridized carbons (Fsp3) is 0.538. The highest BCUT2D eigenvalue weighted by molar-refractivity contribution is 5.85. The molecule has 182 valence electrons. The first-order chi connectivity index (χ1) is 16.3. The first-order valence-electron chi connectivity index (χ1n) is 12.1. The van der Waals surface area contributed by atoms with Crippen molar-refractivity contribution in [3.63, 3.8) is 0 Å². The lowest BCUT2D eigenvalue weighted by Gasteiger charge is -2.42. The van der Waals surface area contributed by atoms with Crippen LogP contribution in [0.3, 0.4) is 0 Å². The van der Waals surface area contributed by atoms with Crippen LogP contribution in [0.5, 0.6) is 5.88 Å². The molecule has 2 aromatic heterocycles. The molecule has 0 bridgehead atoms. The number of hydrogen-bond acceptors (Lipinski definition) is 5. The number of aromatic amines is 1. The van der Waals surface area contributed by atoms with Gasteiger partial charge in [0.15, 0.2) is 0 Å². The molecule has 1 N–H and O–H groups in total. The van der Waals surface area contributed by atoms with Gasteiger partial charge in [0.1, 0.15) is 11.8 Å². The third kappa shape index (κ3) is 4.66. The van der Waals surface area contributed by atoms with Crippen molar-refractivity contribution in [2.45, 2.75) is 57.5 Å². The molecule has 0 spiro atoms. The molecule has 0 aliphatic carbocycles. The van der Waals surface area contributed by atoms with Gasteiger partial charge in [-0.25, -0.2) is 9.37 Å². The van der Waals surface area contributed by atoms with Crippen LogP contribution < -0.4 is 4.74 Å². The van der Waals surface area contributed by atoms with E-state index >= 15 is 0 Å². The highest BCUT2D eigenvalue weighted by atomic mass is 19.1. The number of halogens is 2. The molecule has 0 radical (unpaired) electrons. The summed E-state index contributed by atoms with van der Waals surface area (Å²) in [5.74, 6) is 0.483. The highest BCUT2D eigenvalue weighted by Crippen LogP contribution is 2.41. The predicted molar refractivity (Wildman–Crippen MR) is 129 cm³/mol. The van der Waals surface area contributed by atoms with Gasteiger partial charge in [0.25, 0.3) is 0 Å². The molecule has 3 aromatic rings. The Morgan fingerprint density at radius 2 is 1.97 bits per heavy atom. The van der Waals surface area contributed by atoms with Crippen molar-refractivity contribution in [2.24, 2.45) is 0 Å². The molecule has 5 rings (SSSR count). The van der Waals surface area contributed by atoms with Gasteiger partial charge in [-0.2, -0.15) is 0 Å². The average Bonchev–Trinajstić information content (AvgIpc) is 3.13. The largest absolute Gasteiger partial charge is 0.471 e. The number of alkyl halides is 2. The smallest absolute Gasteiger partial charge is 0.232 e. The molecular weight excluding hydrogens is 436 g/mol. The fourth-order valence-corrected chi connectivity index (χ4v) is 5.27. The first kappa shape index (κ1) is 23.2. The van der Waals surface area contributed by atoms with Crippen LogP contribution in [0.4, 0.5) is 8.78 Å². The van der Waals surface area contributed by atoms with Crippen LogP contribution in [0.1, 0.15) is 50.2 Å². The number of aromatic nitrogens is 3. The van der Waals surface area contributed by atoms with Gasteiger partial charge in [-0.05, 0) is 45.2 Å². The van der Waals surface area contributed by atoms with E-state index in [4.69, 9.17) is 9.72 Å². The maximum Gasteiger partial charge on any atom is 0.232 e. The molecule has 1 fully saturated rings. The van der Waals surface area contributed by atoms with Crippen LogP contribution in [0.25, 0.3) is 10.9 Å². The lowest BCUT2D eigenvalue weighted by Crippen LogP contribution is -2.54. The van der Waals surface area contributed by atoms with E-state index in [0.29, 0.717) is 18.8 Å². The molecule has 2 atom stereocenters. The lowest BCUT2D eigenvalue weighted by molar-refractivity contribution is 0.0152. The van der Waals surface area contributed by atoms with Gasteiger partial charge in [-0.15, -0.1) is 0 Å². The molecule has 4 heterocycles. The third-order valence-corrected chi connectivity index (χ3v) is 6.82. The minimum absolute atomic E-state index is 0.0543. The topological polar surface area (TPSA) is 57.3 Å². The Hall–Kier alpha value is -2.58. The summed E-state index contributed by atoms with van der Waals surface area (Å²) in [4.78, 5) is 17.2. The first-order valence-corrected chi connectivity index (χ1v) is 12.1. The molecule has 34 heavy (non-hydrogen) atoms. The van der Waals surface area contributed by atoms with Crippen molar-refractivity contribution in [1.29, 1.82) is 0 Å². The fourth-order valence-electron chi connectivity index (χ4n) is 5.27. The lowest BCUT2D eigenvalue weighted by atomic mass is 9.89. The van der Waals surface area contributed by atoms with Crippen LogP contribution in [0.15, 0.2) is 36.7 Å². The summed E-state index contributed by atoms with van der Waals surface area (Å²) in [6, 6.07) is 8.23. The van der Waals surface area contributed by atoms with E-state index in [1.807, 2.05) is 6.07 Å². The number of benzene rings is 1.